The highest BCUT2D eigenvalue weighted by Gasteiger charge is 2.12. The summed E-state index contributed by atoms with van der Waals surface area (Å²) in [5, 5.41) is 3.45. The van der Waals surface area contributed by atoms with E-state index in [9.17, 15) is 0 Å². The van der Waals surface area contributed by atoms with Crippen LogP contribution in [0.5, 0.6) is 11.5 Å². The van der Waals surface area contributed by atoms with Crippen LogP contribution in [0.2, 0.25) is 0 Å². The predicted octanol–water partition coefficient (Wildman–Crippen LogP) is 6.56. The molecule has 0 heterocycles. The van der Waals surface area contributed by atoms with Crippen LogP contribution in [0, 0.1) is 10.5 Å². The average Bonchev–Trinajstić information content (AvgIpc) is 2.67. The summed E-state index contributed by atoms with van der Waals surface area (Å²) in [4.78, 5) is 0. The maximum absolute atomic E-state index is 6.05. The summed E-state index contributed by atoms with van der Waals surface area (Å²) in [6.45, 7) is 3.31. The molecule has 3 aromatic rings. The van der Waals surface area contributed by atoms with Crippen LogP contribution in [-0.4, -0.2) is 7.11 Å². The van der Waals surface area contributed by atoms with Crippen LogP contribution in [0.15, 0.2) is 65.1 Å². The molecule has 0 aliphatic carbocycles. The molecule has 27 heavy (non-hydrogen) atoms. The third kappa shape index (κ3) is 5.62. The molecule has 3 nitrogen and oxygen atoms in total. The maximum Gasteiger partial charge on any atom is 0.174 e. The molecule has 0 aliphatic rings. The number of aryl methyl sites for hydroxylation is 1. The smallest absolute Gasteiger partial charge is 0.174 e. The molecule has 0 aliphatic heterocycles. The molecule has 1 N–H and O–H groups in total. The molecule has 0 bridgehead atoms. The van der Waals surface area contributed by atoms with Gasteiger partial charge in [-0.3, -0.25) is 0 Å². The number of rotatable bonds is 7. The van der Waals surface area contributed by atoms with E-state index in [1.165, 1.54) is 5.56 Å². The van der Waals surface area contributed by atoms with Gasteiger partial charge in [0.05, 0.1) is 10.7 Å². The molecule has 5 heteroatoms. The molecule has 0 fully saturated rings. The summed E-state index contributed by atoms with van der Waals surface area (Å²) in [6.07, 6.45) is 0. The van der Waals surface area contributed by atoms with Crippen molar-refractivity contribution in [2.24, 2.45) is 0 Å². The standard InChI is InChI=1S/C22H21BrINO2/c1-15-3-9-19(10-4-15)25-13-17-11-20(24)22(21(12-17)26-2)27-14-16-5-7-18(23)8-6-16/h3-12,25H,13-14H2,1-2H3. The lowest BCUT2D eigenvalue weighted by molar-refractivity contribution is 0.282. The monoisotopic (exact) mass is 537 g/mol. The van der Waals surface area contributed by atoms with Gasteiger partial charge < -0.3 is 14.8 Å². The Balaban J connectivity index is 1.70. The second-order valence-electron chi connectivity index (χ2n) is 6.24. The summed E-state index contributed by atoms with van der Waals surface area (Å²) >= 11 is 5.75. The van der Waals surface area contributed by atoms with Gasteiger partial charge in [-0.2, -0.15) is 0 Å². The first-order chi connectivity index (χ1) is 13.0. The average molecular weight is 538 g/mol. The molecule has 0 aromatic heterocycles. The molecule has 0 saturated carbocycles. The highest BCUT2D eigenvalue weighted by Crippen LogP contribution is 2.35. The lowest BCUT2D eigenvalue weighted by Crippen LogP contribution is -2.03. The van der Waals surface area contributed by atoms with Crippen LogP contribution in [0.3, 0.4) is 0 Å². The van der Waals surface area contributed by atoms with Gasteiger partial charge in [0.1, 0.15) is 6.61 Å². The van der Waals surface area contributed by atoms with E-state index < -0.39 is 0 Å². The van der Waals surface area contributed by atoms with E-state index in [0.717, 1.165) is 42.9 Å². The summed E-state index contributed by atoms with van der Waals surface area (Å²) < 4.78 is 13.7. The van der Waals surface area contributed by atoms with E-state index in [0.29, 0.717) is 6.61 Å². The van der Waals surface area contributed by atoms with Crippen LogP contribution in [0.25, 0.3) is 0 Å². The van der Waals surface area contributed by atoms with Crippen molar-refractivity contribution in [3.05, 3.63) is 85.4 Å². The summed E-state index contributed by atoms with van der Waals surface area (Å²) in [6, 6.07) is 20.7. The summed E-state index contributed by atoms with van der Waals surface area (Å²) in [5.74, 6) is 1.53. The minimum absolute atomic E-state index is 0.501. The fraction of sp³-hybridized carbons (Fsp3) is 0.182. The first-order valence-electron chi connectivity index (χ1n) is 8.59. The molecule has 3 aromatic carbocycles. The van der Waals surface area contributed by atoms with Gasteiger partial charge in [-0.1, -0.05) is 45.8 Å². The summed E-state index contributed by atoms with van der Waals surface area (Å²) in [7, 11) is 1.68. The number of anilines is 1. The Morgan fingerprint density at radius 3 is 2.33 bits per heavy atom. The van der Waals surface area contributed by atoms with Gasteiger partial charge in [-0.25, -0.2) is 0 Å². The predicted molar refractivity (Wildman–Crippen MR) is 123 cm³/mol. The molecule has 0 saturated heterocycles. The fourth-order valence-corrected chi connectivity index (χ4v) is 3.71. The molecule has 0 spiro atoms. The highest BCUT2D eigenvalue weighted by molar-refractivity contribution is 14.1. The van der Waals surface area contributed by atoms with Crippen LogP contribution >= 0.6 is 38.5 Å². The molecule has 0 atom stereocenters. The van der Waals surface area contributed by atoms with Gasteiger partial charge in [0.25, 0.3) is 0 Å². The van der Waals surface area contributed by atoms with E-state index in [4.69, 9.17) is 9.47 Å². The Labute approximate surface area is 182 Å². The first-order valence-corrected chi connectivity index (χ1v) is 10.5. The molecule has 140 valence electrons. The van der Waals surface area contributed by atoms with Gasteiger partial charge in [-0.05, 0) is 77.0 Å². The lowest BCUT2D eigenvalue weighted by Gasteiger charge is -2.15. The van der Waals surface area contributed by atoms with Crippen LogP contribution in [-0.2, 0) is 13.2 Å². The highest BCUT2D eigenvalue weighted by atomic mass is 127. The van der Waals surface area contributed by atoms with Crippen molar-refractivity contribution >= 4 is 44.2 Å². The number of ether oxygens (including phenoxy) is 2. The normalized spacial score (nSPS) is 10.5. The van der Waals surface area contributed by atoms with Crippen molar-refractivity contribution in [3.63, 3.8) is 0 Å². The SMILES string of the molecule is COc1cc(CNc2ccc(C)cc2)cc(I)c1OCc1ccc(Br)cc1. The van der Waals surface area contributed by atoms with Gasteiger partial charge in [0.2, 0.25) is 0 Å². The minimum atomic E-state index is 0.501. The number of hydrogen-bond acceptors (Lipinski definition) is 3. The zero-order valence-corrected chi connectivity index (χ0v) is 19.0. The van der Waals surface area contributed by atoms with E-state index in [1.54, 1.807) is 7.11 Å². The maximum atomic E-state index is 6.05. The van der Waals surface area contributed by atoms with Crippen molar-refractivity contribution in [2.75, 3.05) is 12.4 Å². The number of benzene rings is 3. The van der Waals surface area contributed by atoms with E-state index in [2.05, 4.69) is 81.1 Å². The van der Waals surface area contributed by atoms with Crippen molar-refractivity contribution < 1.29 is 9.47 Å². The van der Waals surface area contributed by atoms with Crippen LogP contribution in [0.1, 0.15) is 16.7 Å². The number of halogens is 2. The van der Waals surface area contributed by atoms with Crippen molar-refractivity contribution in [3.8, 4) is 11.5 Å². The summed E-state index contributed by atoms with van der Waals surface area (Å²) in [5.41, 5.74) is 4.61. The molecule has 0 unspecified atom stereocenters. The molecular formula is C22H21BrINO2. The van der Waals surface area contributed by atoms with E-state index >= 15 is 0 Å². The topological polar surface area (TPSA) is 30.5 Å². The largest absolute Gasteiger partial charge is 0.493 e. The first kappa shape index (κ1) is 20.0. The van der Waals surface area contributed by atoms with E-state index in [-0.39, 0.29) is 0 Å². The number of methoxy groups -OCH3 is 1. The lowest BCUT2D eigenvalue weighted by atomic mass is 10.2. The van der Waals surface area contributed by atoms with Gasteiger partial charge in [0, 0.05) is 16.7 Å². The van der Waals surface area contributed by atoms with Crippen molar-refractivity contribution in [1.29, 1.82) is 0 Å². The zero-order chi connectivity index (χ0) is 19.2. The quantitative estimate of drug-likeness (QED) is 0.346. The van der Waals surface area contributed by atoms with E-state index in [1.807, 2.05) is 30.3 Å². The molecule has 0 radical (unpaired) electrons. The van der Waals surface area contributed by atoms with Gasteiger partial charge in [-0.15, -0.1) is 0 Å². The minimum Gasteiger partial charge on any atom is -0.493 e. The van der Waals surface area contributed by atoms with Gasteiger partial charge in [0.15, 0.2) is 11.5 Å². The number of hydrogen-bond donors (Lipinski definition) is 1. The van der Waals surface area contributed by atoms with Crippen LogP contribution in [0.4, 0.5) is 5.69 Å². The number of nitrogens with one attached hydrogen (secondary N) is 1. The van der Waals surface area contributed by atoms with Crippen molar-refractivity contribution in [1.82, 2.24) is 0 Å². The van der Waals surface area contributed by atoms with Crippen LogP contribution < -0.4 is 14.8 Å². The Morgan fingerprint density at radius 1 is 0.963 bits per heavy atom. The zero-order valence-electron chi connectivity index (χ0n) is 15.3. The van der Waals surface area contributed by atoms with Gasteiger partial charge >= 0.3 is 0 Å². The second kappa shape index (κ2) is 9.46. The third-order valence-corrected chi connectivity index (χ3v) is 5.46. The Bertz CT molecular complexity index is 895. The Hall–Kier alpha value is -1.73. The van der Waals surface area contributed by atoms with Crippen molar-refractivity contribution in [2.45, 2.75) is 20.1 Å². The molecule has 3 rings (SSSR count). The Morgan fingerprint density at radius 2 is 1.67 bits per heavy atom. The second-order valence-corrected chi connectivity index (χ2v) is 8.32. The molecular weight excluding hydrogens is 517 g/mol. The third-order valence-electron chi connectivity index (χ3n) is 4.13. The Kier molecular flexibility index (Phi) is 7.01. The fourth-order valence-electron chi connectivity index (χ4n) is 2.63. The molecule has 0 amide bonds.